The van der Waals surface area contributed by atoms with Gasteiger partial charge < -0.3 is 10.1 Å². The van der Waals surface area contributed by atoms with E-state index in [1.807, 2.05) is 0 Å². The van der Waals surface area contributed by atoms with Crippen molar-refractivity contribution < 1.29 is 13.9 Å². The Hall–Kier alpha value is -0.940. The summed E-state index contributed by atoms with van der Waals surface area (Å²) in [5.74, 6) is -0.369. The van der Waals surface area contributed by atoms with Gasteiger partial charge in [0.15, 0.2) is 5.78 Å². The van der Waals surface area contributed by atoms with Crippen LogP contribution in [0.3, 0.4) is 0 Å². The minimum atomic E-state index is -0.506. The number of halogens is 2. The summed E-state index contributed by atoms with van der Waals surface area (Å²) in [7, 11) is 3.08. The van der Waals surface area contributed by atoms with Crippen molar-refractivity contribution in [3.05, 3.63) is 28.0 Å². The molecular weight excluding hydrogens is 265 g/mol. The lowest BCUT2D eigenvalue weighted by molar-refractivity contribution is 0.0992. The molecule has 82 valence electrons. The maximum atomic E-state index is 13.3. The van der Waals surface area contributed by atoms with Crippen molar-refractivity contribution in [2.45, 2.75) is 0 Å². The van der Waals surface area contributed by atoms with Gasteiger partial charge in [0.2, 0.25) is 0 Å². The average Bonchev–Trinajstić information content (AvgIpc) is 2.22. The molecule has 1 aromatic carbocycles. The van der Waals surface area contributed by atoms with Gasteiger partial charge in [-0.15, -0.1) is 0 Å². The molecule has 1 N–H and O–H groups in total. The lowest BCUT2D eigenvalue weighted by atomic mass is 10.1. The number of ether oxygens (including phenoxy) is 1. The predicted octanol–water partition coefficient (Wildman–Crippen LogP) is 2.00. The summed E-state index contributed by atoms with van der Waals surface area (Å²) in [4.78, 5) is 11.6. The highest BCUT2D eigenvalue weighted by Gasteiger charge is 2.14. The monoisotopic (exact) mass is 275 g/mol. The average molecular weight is 276 g/mol. The summed E-state index contributed by atoms with van der Waals surface area (Å²) in [6, 6.07) is 2.73. The van der Waals surface area contributed by atoms with Gasteiger partial charge in [0.1, 0.15) is 11.6 Å². The van der Waals surface area contributed by atoms with Gasteiger partial charge in [-0.05, 0) is 29.0 Å². The highest BCUT2D eigenvalue weighted by molar-refractivity contribution is 9.10. The van der Waals surface area contributed by atoms with Gasteiger partial charge in [0, 0.05) is 11.6 Å². The van der Waals surface area contributed by atoms with Crippen LogP contribution in [0.15, 0.2) is 16.6 Å². The Labute approximate surface area is 95.7 Å². The molecule has 0 saturated heterocycles. The van der Waals surface area contributed by atoms with E-state index in [2.05, 4.69) is 21.2 Å². The van der Waals surface area contributed by atoms with E-state index in [0.29, 0.717) is 5.75 Å². The number of methoxy groups -OCH3 is 1. The Kier molecular flexibility index (Phi) is 4.23. The largest absolute Gasteiger partial charge is 0.497 e. The van der Waals surface area contributed by atoms with Gasteiger partial charge in [-0.2, -0.15) is 0 Å². The van der Waals surface area contributed by atoms with Crippen molar-refractivity contribution in [1.82, 2.24) is 5.32 Å². The number of carbonyl (C=O) groups is 1. The molecule has 15 heavy (non-hydrogen) atoms. The van der Waals surface area contributed by atoms with Crippen LogP contribution < -0.4 is 10.1 Å². The molecule has 0 amide bonds. The standard InChI is InChI=1S/C10H11BrFNO2/c1-13-5-9(14)7-3-6(15-2)4-8(12)10(7)11/h3-4,13H,5H2,1-2H3. The number of nitrogens with one attached hydrogen (secondary N) is 1. The first-order chi connectivity index (χ1) is 7.10. The van der Waals surface area contributed by atoms with Crippen molar-refractivity contribution >= 4 is 21.7 Å². The zero-order valence-electron chi connectivity index (χ0n) is 8.43. The third kappa shape index (κ3) is 2.76. The zero-order chi connectivity index (χ0) is 11.4. The van der Waals surface area contributed by atoms with Crippen molar-refractivity contribution in [3.63, 3.8) is 0 Å². The van der Waals surface area contributed by atoms with E-state index in [1.165, 1.54) is 19.2 Å². The van der Waals surface area contributed by atoms with Crippen molar-refractivity contribution in [1.29, 1.82) is 0 Å². The fourth-order valence-corrected chi connectivity index (χ4v) is 1.59. The molecule has 0 aliphatic carbocycles. The number of likely N-dealkylation sites (N-methyl/N-ethyl adjacent to an activating group) is 1. The topological polar surface area (TPSA) is 38.3 Å². The minimum absolute atomic E-state index is 0.158. The summed E-state index contributed by atoms with van der Waals surface area (Å²) >= 11 is 3.03. The summed E-state index contributed by atoms with van der Waals surface area (Å²) in [6.07, 6.45) is 0. The highest BCUT2D eigenvalue weighted by Crippen LogP contribution is 2.26. The van der Waals surface area contributed by atoms with E-state index in [9.17, 15) is 9.18 Å². The van der Waals surface area contributed by atoms with Crippen molar-refractivity contribution in [3.8, 4) is 5.75 Å². The Morgan fingerprint density at radius 1 is 1.60 bits per heavy atom. The van der Waals surface area contributed by atoms with Gasteiger partial charge in [0.05, 0.1) is 18.1 Å². The van der Waals surface area contributed by atoms with Gasteiger partial charge >= 0.3 is 0 Å². The Morgan fingerprint density at radius 2 is 2.27 bits per heavy atom. The minimum Gasteiger partial charge on any atom is -0.497 e. The summed E-state index contributed by atoms with van der Waals surface area (Å²) < 4.78 is 18.4. The molecule has 0 unspecified atom stereocenters. The van der Waals surface area contributed by atoms with Crippen LogP contribution in [0.4, 0.5) is 4.39 Å². The molecule has 0 radical (unpaired) electrons. The second-order valence-corrected chi connectivity index (χ2v) is 3.72. The quantitative estimate of drug-likeness (QED) is 0.855. The van der Waals surface area contributed by atoms with E-state index in [-0.39, 0.29) is 22.4 Å². The van der Waals surface area contributed by atoms with Crippen molar-refractivity contribution in [2.75, 3.05) is 20.7 Å². The molecule has 0 saturated carbocycles. The molecule has 0 aliphatic heterocycles. The molecule has 1 aromatic rings. The number of rotatable bonds is 4. The van der Waals surface area contributed by atoms with Crippen LogP contribution in [0.5, 0.6) is 5.75 Å². The van der Waals surface area contributed by atoms with Crippen LogP contribution in [0.2, 0.25) is 0 Å². The predicted molar refractivity (Wildman–Crippen MR) is 58.9 cm³/mol. The second kappa shape index (κ2) is 5.23. The number of benzene rings is 1. The fraction of sp³-hybridized carbons (Fsp3) is 0.300. The van der Waals surface area contributed by atoms with Gasteiger partial charge in [-0.3, -0.25) is 4.79 Å². The molecule has 0 aromatic heterocycles. The fourth-order valence-electron chi connectivity index (χ4n) is 1.14. The van der Waals surface area contributed by atoms with E-state index in [4.69, 9.17) is 4.74 Å². The molecule has 0 spiro atoms. The van der Waals surface area contributed by atoms with E-state index < -0.39 is 5.82 Å². The molecule has 0 atom stereocenters. The molecule has 0 heterocycles. The molecule has 0 fully saturated rings. The first-order valence-electron chi connectivity index (χ1n) is 4.31. The number of carbonyl (C=O) groups excluding carboxylic acids is 1. The first-order valence-corrected chi connectivity index (χ1v) is 5.10. The van der Waals surface area contributed by atoms with Gasteiger partial charge in [0.25, 0.3) is 0 Å². The smallest absolute Gasteiger partial charge is 0.177 e. The lowest BCUT2D eigenvalue weighted by Gasteiger charge is -2.07. The van der Waals surface area contributed by atoms with Crippen LogP contribution in [0.25, 0.3) is 0 Å². The summed E-state index contributed by atoms with van der Waals surface area (Å²) in [6.45, 7) is 0.158. The zero-order valence-corrected chi connectivity index (χ0v) is 10.0. The van der Waals surface area contributed by atoms with E-state index in [1.54, 1.807) is 7.05 Å². The van der Waals surface area contributed by atoms with Gasteiger partial charge in [-0.25, -0.2) is 4.39 Å². The van der Waals surface area contributed by atoms with Crippen LogP contribution in [-0.4, -0.2) is 26.5 Å². The number of Topliss-reactive ketones (excluding diaryl/α,β-unsaturated/α-hetero) is 1. The van der Waals surface area contributed by atoms with Gasteiger partial charge in [-0.1, -0.05) is 0 Å². The maximum absolute atomic E-state index is 13.3. The molecule has 5 heteroatoms. The highest BCUT2D eigenvalue weighted by atomic mass is 79.9. The molecule has 0 bridgehead atoms. The Bertz CT molecular complexity index is 382. The van der Waals surface area contributed by atoms with Crippen LogP contribution in [0, 0.1) is 5.82 Å². The summed E-state index contributed by atoms with van der Waals surface area (Å²) in [5.41, 5.74) is 0.279. The number of ketones is 1. The van der Waals surface area contributed by atoms with E-state index in [0.717, 1.165) is 0 Å². The second-order valence-electron chi connectivity index (χ2n) is 2.92. The molecule has 3 nitrogen and oxygen atoms in total. The maximum Gasteiger partial charge on any atom is 0.177 e. The van der Waals surface area contributed by atoms with Crippen LogP contribution >= 0.6 is 15.9 Å². The molecule has 0 aliphatic rings. The van der Waals surface area contributed by atoms with Crippen LogP contribution in [-0.2, 0) is 0 Å². The molecule has 1 rings (SSSR count). The number of hydrogen-bond acceptors (Lipinski definition) is 3. The third-order valence-electron chi connectivity index (χ3n) is 1.88. The lowest BCUT2D eigenvalue weighted by Crippen LogP contribution is -2.19. The van der Waals surface area contributed by atoms with Crippen LogP contribution in [0.1, 0.15) is 10.4 Å². The molecular formula is C10H11BrFNO2. The van der Waals surface area contributed by atoms with Crippen molar-refractivity contribution in [2.24, 2.45) is 0 Å². The van der Waals surface area contributed by atoms with E-state index >= 15 is 0 Å². The Morgan fingerprint density at radius 3 is 2.80 bits per heavy atom. The summed E-state index contributed by atoms with van der Waals surface area (Å²) in [5, 5.41) is 2.72. The number of hydrogen-bond donors (Lipinski definition) is 1. The third-order valence-corrected chi connectivity index (χ3v) is 2.68. The Balaban J connectivity index is 3.15. The first kappa shape index (κ1) is 12.1. The SMILES string of the molecule is CNCC(=O)c1cc(OC)cc(F)c1Br. The normalized spacial score (nSPS) is 10.1.